The van der Waals surface area contributed by atoms with Crippen LogP contribution in [0.5, 0.6) is 0 Å². The van der Waals surface area contributed by atoms with Crippen LogP contribution in [0.4, 0.5) is 0 Å². The lowest BCUT2D eigenvalue weighted by molar-refractivity contribution is -0.103. The first-order chi connectivity index (χ1) is 6.86. The van der Waals surface area contributed by atoms with Gasteiger partial charge in [0.1, 0.15) is 17.5 Å². The maximum atomic E-state index is 10.6. The molecule has 2 aromatic rings. The Morgan fingerprint density at radius 1 is 1.43 bits per heavy atom. The van der Waals surface area contributed by atoms with Crippen LogP contribution < -0.4 is 0 Å². The van der Waals surface area contributed by atoms with Gasteiger partial charge in [0, 0.05) is 0 Å². The molecule has 0 aliphatic carbocycles. The highest BCUT2D eigenvalue weighted by Crippen LogP contribution is 2.16. The van der Waals surface area contributed by atoms with Crippen LogP contribution in [0.1, 0.15) is 5.69 Å². The van der Waals surface area contributed by atoms with E-state index in [1.54, 1.807) is 0 Å². The summed E-state index contributed by atoms with van der Waals surface area (Å²) >= 11 is 0. The molecule has 0 unspecified atom stereocenters. The molecule has 0 fully saturated rings. The average molecular weight is 190 g/mol. The third-order valence-corrected chi connectivity index (χ3v) is 1.76. The molecule has 70 valence electrons. The molecule has 0 aliphatic rings. The van der Waals surface area contributed by atoms with Crippen LogP contribution in [0, 0.1) is 0 Å². The fourth-order valence-electron chi connectivity index (χ4n) is 1.13. The van der Waals surface area contributed by atoms with E-state index < -0.39 is 0 Å². The van der Waals surface area contributed by atoms with E-state index in [1.165, 1.54) is 12.7 Å². The maximum absolute atomic E-state index is 10.6. The molecule has 6 heteroatoms. The van der Waals surface area contributed by atoms with Gasteiger partial charge in [-0.2, -0.15) is 0 Å². The zero-order valence-electron chi connectivity index (χ0n) is 7.01. The van der Waals surface area contributed by atoms with Crippen LogP contribution in [-0.2, 0) is 4.79 Å². The second-order valence-corrected chi connectivity index (χ2v) is 2.53. The number of aldehydes is 1. The normalized spacial score (nSPS) is 11.9. The quantitative estimate of drug-likeness (QED) is 0.407. The number of aliphatic hydroxyl groups excluding tert-OH is 1. The van der Waals surface area contributed by atoms with Gasteiger partial charge in [-0.05, 0) is 0 Å². The second kappa shape index (κ2) is 3.25. The number of hydrogen-bond donors (Lipinski definition) is 2. The number of imidazole rings is 1. The van der Waals surface area contributed by atoms with Crippen LogP contribution in [0.25, 0.3) is 16.7 Å². The van der Waals surface area contributed by atoms with E-state index in [-0.39, 0.29) is 5.57 Å². The van der Waals surface area contributed by atoms with E-state index in [2.05, 4.69) is 19.9 Å². The Bertz CT molecular complexity index is 503. The number of rotatable bonds is 2. The number of nitrogens with zero attached hydrogens (tertiary/aromatic N) is 3. The van der Waals surface area contributed by atoms with Crippen molar-refractivity contribution in [2.24, 2.45) is 0 Å². The van der Waals surface area contributed by atoms with Crippen molar-refractivity contribution < 1.29 is 9.90 Å². The van der Waals surface area contributed by atoms with Crippen molar-refractivity contribution in [3.8, 4) is 0 Å². The minimum atomic E-state index is 0.0849. The summed E-state index contributed by atoms with van der Waals surface area (Å²) in [6.07, 6.45) is 3.95. The largest absolute Gasteiger partial charge is 0.515 e. The lowest BCUT2D eigenvalue weighted by atomic mass is 10.2. The minimum absolute atomic E-state index is 0.0849. The number of allylic oxidation sites excluding steroid dienone is 1. The molecule has 0 radical (unpaired) electrons. The molecule has 0 amide bonds. The van der Waals surface area contributed by atoms with Crippen LogP contribution >= 0.6 is 0 Å². The summed E-state index contributed by atoms with van der Waals surface area (Å²) in [5.41, 5.74) is 1.41. The van der Waals surface area contributed by atoms with Crippen molar-refractivity contribution in [2.45, 2.75) is 0 Å². The second-order valence-electron chi connectivity index (χ2n) is 2.53. The maximum Gasteiger partial charge on any atom is 0.181 e. The Morgan fingerprint density at radius 3 is 3.00 bits per heavy atom. The molecule has 0 spiro atoms. The SMILES string of the molecule is O=C/C(=C/O)c1ncnc2nc[nH]c12. The molecule has 14 heavy (non-hydrogen) atoms. The smallest absolute Gasteiger partial charge is 0.181 e. The van der Waals surface area contributed by atoms with Crippen molar-refractivity contribution in [2.75, 3.05) is 0 Å². The van der Waals surface area contributed by atoms with E-state index in [1.807, 2.05) is 0 Å². The van der Waals surface area contributed by atoms with Gasteiger partial charge in [0.15, 0.2) is 11.9 Å². The summed E-state index contributed by atoms with van der Waals surface area (Å²) in [6.45, 7) is 0. The first-order valence-corrected chi connectivity index (χ1v) is 3.81. The molecule has 0 saturated carbocycles. The topological polar surface area (TPSA) is 91.8 Å². The standard InChI is InChI=1S/C8H6N4O2/c13-1-5(2-14)6-7-8(11-3-9-6)12-4-10-7/h1-4,13H,(H,9,10,11,12)/b5-1-. The average Bonchev–Trinajstić information content (AvgIpc) is 2.68. The number of carbonyl (C=O) groups is 1. The monoisotopic (exact) mass is 190 g/mol. The third kappa shape index (κ3) is 1.13. The molecule has 0 aliphatic heterocycles. The van der Waals surface area contributed by atoms with E-state index in [0.29, 0.717) is 29.4 Å². The van der Waals surface area contributed by atoms with Gasteiger partial charge in [-0.3, -0.25) is 4.79 Å². The van der Waals surface area contributed by atoms with Gasteiger partial charge in [0.2, 0.25) is 0 Å². The van der Waals surface area contributed by atoms with Gasteiger partial charge < -0.3 is 10.1 Å². The number of carbonyl (C=O) groups excluding carboxylic acids is 1. The fraction of sp³-hybridized carbons (Fsp3) is 0. The molecular weight excluding hydrogens is 184 g/mol. The number of hydrogen-bond acceptors (Lipinski definition) is 5. The van der Waals surface area contributed by atoms with Crippen LogP contribution in [0.3, 0.4) is 0 Å². The Morgan fingerprint density at radius 2 is 2.29 bits per heavy atom. The number of aromatic amines is 1. The zero-order valence-corrected chi connectivity index (χ0v) is 7.01. The first kappa shape index (κ1) is 8.36. The molecule has 0 atom stereocenters. The molecule has 2 heterocycles. The summed E-state index contributed by atoms with van der Waals surface area (Å²) in [7, 11) is 0. The van der Waals surface area contributed by atoms with Crippen molar-refractivity contribution >= 4 is 23.0 Å². The predicted octanol–water partition coefficient (Wildman–Crippen LogP) is 0.451. The number of fused-ring (bicyclic) bond motifs is 1. The summed E-state index contributed by atoms with van der Waals surface area (Å²) < 4.78 is 0. The van der Waals surface area contributed by atoms with Gasteiger partial charge in [0.25, 0.3) is 0 Å². The third-order valence-electron chi connectivity index (χ3n) is 1.76. The van der Waals surface area contributed by atoms with Gasteiger partial charge in [-0.25, -0.2) is 15.0 Å². The van der Waals surface area contributed by atoms with Crippen molar-refractivity contribution in [1.82, 2.24) is 19.9 Å². The van der Waals surface area contributed by atoms with Crippen LogP contribution in [-0.4, -0.2) is 31.3 Å². The summed E-state index contributed by atoms with van der Waals surface area (Å²) in [6, 6.07) is 0. The molecule has 2 rings (SSSR count). The van der Waals surface area contributed by atoms with Crippen LogP contribution in [0.2, 0.25) is 0 Å². The zero-order chi connectivity index (χ0) is 9.97. The predicted molar refractivity (Wildman–Crippen MR) is 48.4 cm³/mol. The molecule has 2 N–H and O–H groups in total. The fourth-order valence-corrected chi connectivity index (χ4v) is 1.13. The molecule has 6 nitrogen and oxygen atoms in total. The minimum Gasteiger partial charge on any atom is -0.515 e. The number of H-pyrrole nitrogens is 1. The molecule has 0 bridgehead atoms. The summed E-state index contributed by atoms with van der Waals surface area (Å²) in [5.74, 6) is 0. The van der Waals surface area contributed by atoms with Crippen molar-refractivity contribution in [3.63, 3.8) is 0 Å². The van der Waals surface area contributed by atoms with Crippen molar-refractivity contribution in [1.29, 1.82) is 0 Å². The number of aromatic nitrogens is 4. The molecular formula is C8H6N4O2. The Hall–Kier alpha value is -2.24. The highest BCUT2D eigenvalue weighted by atomic mass is 16.2. The Kier molecular flexibility index (Phi) is 1.94. The number of aliphatic hydroxyl groups is 1. The lowest BCUT2D eigenvalue weighted by Gasteiger charge is -1.97. The van der Waals surface area contributed by atoms with Gasteiger partial charge in [0.05, 0.1) is 18.2 Å². The van der Waals surface area contributed by atoms with E-state index >= 15 is 0 Å². The van der Waals surface area contributed by atoms with E-state index in [0.717, 1.165) is 0 Å². The van der Waals surface area contributed by atoms with Gasteiger partial charge >= 0.3 is 0 Å². The highest BCUT2D eigenvalue weighted by Gasteiger charge is 2.09. The highest BCUT2D eigenvalue weighted by molar-refractivity contribution is 6.09. The lowest BCUT2D eigenvalue weighted by Crippen LogP contribution is -1.94. The molecule has 0 saturated heterocycles. The van der Waals surface area contributed by atoms with Gasteiger partial charge in [-0.15, -0.1) is 0 Å². The summed E-state index contributed by atoms with van der Waals surface area (Å²) in [5, 5.41) is 8.79. The van der Waals surface area contributed by atoms with E-state index in [9.17, 15) is 4.79 Å². The van der Waals surface area contributed by atoms with E-state index in [4.69, 9.17) is 5.11 Å². The van der Waals surface area contributed by atoms with Crippen LogP contribution in [0.15, 0.2) is 18.9 Å². The van der Waals surface area contributed by atoms with Crippen molar-refractivity contribution in [3.05, 3.63) is 24.6 Å². The number of nitrogens with one attached hydrogen (secondary N) is 1. The Balaban J connectivity index is 2.73. The first-order valence-electron chi connectivity index (χ1n) is 3.81. The summed E-state index contributed by atoms with van der Waals surface area (Å²) in [4.78, 5) is 25.0. The molecule has 2 aromatic heterocycles. The molecule has 0 aromatic carbocycles. The van der Waals surface area contributed by atoms with Gasteiger partial charge in [-0.1, -0.05) is 0 Å². The Labute approximate surface area is 78.3 Å².